The van der Waals surface area contributed by atoms with Gasteiger partial charge in [0.2, 0.25) is 0 Å². The number of hydrogen-bond donors (Lipinski definition) is 1. The van der Waals surface area contributed by atoms with Crippen LogP contribution in [0, 0.1) is 17.8 Å². The zero-order valence-electron chi connectivity index (χ0n) is 15.2. The van der Waals surface area contributed by atoms with E-state index in [0.29, 0.717) is 23.8 Å². The first-order valence-corrected chi connectivity index (χ1v) is 9.20. The second-order valence-electron chi connectivity index (χ2n) is 7.29. The van der Waals surface area contributed by atoms with E-state index in [2.05, 4.69) is 4.98 Å². The highest BCUT2D eigenvalue weighted by Gasteiger charge is 2.46. The van der Waals surface area contributed by atoms with Gasteiger partial charge in [-0.25, -0.2) is 0 Å². The molecule has 6 nitrogen and oxygen atoms in total. The number of ether oxygens (including phenoxy) is 1. The largest absolute Gasteiger partial charge is 0.496 e. The summed E-state index contributed by atoms with van der Waals surface area (Å²) < 4.78 is 5.42. The summed E-state index contributed by atoms with van der Waals surface area (Å²) in [6, 6.07) is 10.9. The van der Waals surface area contributed by atoms with Crippen LogP contribution in [0.3, 0.4) is 0 Å². The van der Waals surface area contributed by atoms with Gasteiger partial charge in [0.1, 0.15) is 5.75 Å². The first kappa shape index (κ1) is 17.5. The molecule has 2 aliphatic rings. The molecule has 0 spiro atoms. The van der Waals surface area contributed by atoms with Gasteiger partial charge in [0.15, 0.2) is 0 Å². The fraction of sp³-hybridized carbons (Fsp3) is 0.381. The minimum atomic E-state index is -0.800. The fourth-order valence-electron chi connectivity index (χ4n) is 4.00. The van der Waals surface area contributed by atoms with Crippen LogP contribution >= 0.6 is 0 Å². The average molecular weight is 366 g/mol. The van der Waals surface area contributed by atoms with Crippen LogP contribution in [0.1, 0.15) is 23.2 Å². The van der Waals surface area contributed by atoms with Crippen LogP contribution in [0.4, 0.5) is 0 Å². The molecule has 2 atom stereocenters. The van der Waals surface area contributed by atoms with E-state index in [9.17, 15) is 14.7 Å². The van der Waals surface area contributed by atoms with Crippen molar-refractivity contribution in [1.82, 2.24) is 9.88 Å². The Kier molecular flexibility index (Phi) is 4.56. The minimum Gasteiger partial charge on any atom is -0.496 e. The zero-order chi connectivity index (χ0) is 19.0. The number of aliphatic carboxylic acids is 1. The minimum absolute atomic E-state index is 0.0694. The zero-order valence-corrected chi connectivity index (χ0v) is 15.2. The Bertz CT molecular complexity index is 864. The van der Waals surface area contributed by atoms with Crippen LogP contribution in [0.15, 0.2) is 42.6 Å². The van der Waals surface area contributed by atoms with Crippen molar-refractivity contribution in [2.75, 3.05) is 20.2 Å². The summed E-state index contributed by atoms with van der Waals surface area (Å²) in [6.45, 7) is 0.797. The van der Waals surface area contributed by atoms with Gasteiger partial charge in [-0.2, -0.15) is 0 Å². The summed E-state index contributed by atoms with van der Waals surface area (Å²) in [7, 11) is 1.58. The molecule has 1 aromatic heterocycles. The lowest BCUT2D eigenvalue weighted by Gasteiger charge is -2.17. The number of amides is 1. The number of hydrogen-bond acceptors (Lipinski definition) is 4. The molecule has 1 saturated heterocycles. The summed E-state index contributed by atoms with van der Waals surface area (Å²) in [5, 5.41) is 9.53. The number of nitrogens with zero attached hydrogens (tertiary/aromatic N) is 2. The Morgan fingerprint density at radius 1 is 1.19 bits per heavy atom. The number of carboxylic acid groups (broad SMARTS) is 1. The van der Waals surface area contributed by atoms with Gasteiger partial charge in [-0.15, -0.1) is 0 Å². The van der Waals surface area contributed by atoms with Crippen LogP contribution in [0.5, 0.6) is 5.75 Å². The Labute approximate surface area is 157 Å². The van der Waals surface area contributed by atoms with Gasteiger partial charge < -0.3 is 14.7 Å². The lowest BCUT2D eigenvalue weighted by atomic mass is 9.92. The second-order valence-corrected chi connectivity index (χ2v) is 7.29. The van der Waals surface area contributed by atoms with Crippen molar-refractivity contribution < 1.29 is 19.4 Å². The quantitative estimate of drug-likeness (QED) is 0.880. The number of pyridine rings is 1. The normalized spacial score (nSPS) is 21.9. The van der Waals surface area contributed by atoms with Gasteiger partial charge in [-0.3, -0.25) is 14.6 Å². The van der Waals surface area contributed by atoms with Crippen molar-refractivity contribution in [1.29, 1.82) is 0 Å². The summed E-state index contributed by atoms with van der Waals surface area (Å²) in [5.41, 5.74) is 2.00. The summed E-state index contributed by atoms with van der Waals surface area (Å²) >= 11 is 0. The lowest BCUT2D eigenvalue weighted by molar-refractivity contribution is -0.142. The molecule has 4 rings (SSSR count). The van der Waals surface area contributed by atoms with E-state index in [0.717, 1.165) is 24.1 Å². The standard InChI is InChI=1S/C21H22N2O4/c1-27-19-8-7-14(10-15(19)18-4-2-3-9-22-18)20(24)23-11-16(13-5-6-13)17(12-23)21(25)26/h2-4,7-10,13,16-17H,5-6,11-12H2,1H3,(H,25,26)/t16-,17+/m1/s1. The van der Waals surface area contributed by atoms with E-state index < -0.39 is 11.9 Å². The molecule has 0 radical (unpaired) electrons. The van der Waals surface area contributed by atoms with Gasteiger partial charge in [-0.1, -0.05) is 6.07 Å². The highest BCUT2D eigenvalue weighted by molar-refractivity contribution is 5.96. The molecule has 1 aromatic carbocycles. The molecule has 0 unspecified atom stereocenters. The Morgan fingerprint density at radius 2 is 2.00 bits per heavy atom. The number of carbonyl (C=O) groups excluding carboxylic acids is 1. The van der Waals surface area contributed by atoms with E-state index in [1.54, 1.807) is 36.4 Å². The van der Waals surface area contributed by atoms with Crippen molar-refractivity contribution >= 4 is 11.9 Å². The maximum atomic E-state index is 13.1. The molecular weight excluding hydrogens is 344 g/mol. The smallest absolute Gasteiger partial charge is 0.308 e. The third-order valence-corrected chi connectivity index (χ3v) is 5.58. The number of aromatic nitrogens is 1. The Balaban J connectivity index is 1.62. The highest BCUT2D eigenvalue weighted by Crippen LogP contribution is 2.44. The van der Waals surface area contributed by atoms with Crippen molar-refractivity contribution in [2.45, 2.75) is 12.8 Å². The lowest BCUT2D eigenvalue weighted by Crippen LogP contribution is -2.30. The van der Waals surface area contributed by atoms with Crippen molar-refractivity contribution in [3.63, 3.8) is 0 Å². The van der Waals surface area contributed by atoms with Gasteiger partial charge >= 0.3 is 5.97 Å². The fourth-order valence-corrected chi connectivity index (χ4v) is 4.00. The van der Waals surface area contributed by atoms with Crippen LogP contribution in [-0.2, 0) is 4.79 Å². The molecule has 140 valence electrons. The average Bonchev–Trinajstić information content (AvgIpc) is 3.45. The summed E-state index contributed by atoms with van der Waals surface area (Å²) in [5.74, 6) is -0.236. The van der Waals surface area contributed by atoms with Crippen LogP contribution in [-0.4, -0.2) is 47.1 Å². The maximum absolute atomic E-state index is 13.1. The number of methoxy groups -OCH3 is 1. The molecule has 1 aliphatic carbocycles. The first-order chi connectivity index (χ1) is 13.1. The molecular formula is C21H22N2O4. The van der Waals surface area contributed by atoms with E-state index in [1.165, 1.54) is 0 Å². The maximum Gasteiger partial charge on any atom is 0.308 e. The van der Waals surface area contributed by atoms with E-state index in [1.807, 2.05) is 18.2 Å². The Hall–Kier alpha value is -2.89. The topological polar surface area (TPSA) is 79.7 Å². The Morgan fingerprint density at radius 3 is 2.63 bits per heavy atom. The van der Waals surface area contributed by atoms with E-state index in [-0.39, 0.29) is 18.4 Å². The summed E-state index contributed by atoms with van der Waals surface area (Å²) in [6.07, 6.45) is 3.84. The molecule has 1 aliphatic heterocycles. The number of likely N-dealkylation sites (tertiary alicyclic amines) is 1. The number of rotatable bonds is 5. The third kappa shape index (κ3) is 3.39. The van der Waals surface area contributed by atoms with Crippen molar-refractivity contribution in [2.24, 2.45) is 17.8 Å². The molecule has 2 aromatic rings. The molecule has 1 amide bonds. The highest BCUT2D eigenvalue weighted by atomic mass is 16.5. The van der Waals surface area contributed by atoms with Gasteiger partial charge in [-0.05, 0) is 55.0 Å². The first-order valence-electron chi connectivity index (χ1n) is 9.20. The number of carboxylic acids is 1. The molecule has 1 saturated carbocycles. The van der Waals surface area contributed by atoms with Crippen LogP contribution in [0.2, 0.25) is 0 Å². The van der Waals surface area contributed by atoms with E-state index in [4.69, 9.17) is 4.74 Å². The molecule has 2 heterocycles. The molecule has 6 heteroatoms. The number of carbonyl (C=O) groups is 2. The van der Waals surface area contributed by atoms with Gasteiger partial charge in [0.05, 0.1) is 18.7 Å². The predicted octanol–water partition coefficient (Wildman–Crippen LogP) is 2.94. The van der Waals surface area contributed by atoms with Crippen molar-refractivity contribution in [3.05, 3.63) is 48.2 Å². The predicted molar refractivity (Wildman–Crippen MR) is 99.5 cm³/mol. The SMILES string of the molecule is COc1ccc(C(=O)N2C[C@H](C(=O)O)[C@@H](C3CC3)C2)cc1-c1ccccn1. The second kappa shape index (κ2) is 7.02. The monoisotopic (exact) mass is 366 g/mol. The third-order valence-electron chi connectivity index (χ3n) is 5.58. The molecule has 0 bridgehead atoms. The van der Waals surface area contributed by atoms with Crippen LogP contribution in [0.25, 0.3) is 11.3 Å². The van der Waals surface area contributed by atoms with E-state index >= 15 is 0 Å². The van der Waals surface area contributed by atoms with Gasteiger partial charge in [0.25, 0.3) is 5.91 Å². The van der Waals surface area contributed by atoms with Crippen LogP contribution < -0.4 is 4.74 Å². The molecule has 2 fully saturated rings. The number of benzene rings is 1. The van der Waals surface area contributed by atoms with Gasteiger partial charge in [0, 0.05) is 30.4 Å². The molecule has 1 N–H and O–H groups in total. The molecule has 27 heavy (non-hydrogen) atoms. The summed E-state index contributed by atoms with van der Waals surface area (Å²) in [4.78, 5) is 30.7. The van der Waals surface area contributed by atoms with Crippen molar-refractivity contribution in [3.8, 4) is 17.0 Å².